The molecule has 0 saturated carbocycles. The van der Waals surface area contributed by atoms with Gasteiger partial charge in [0.25, 0.3) is 0 Å². The summed E-state index contributed by atoms with van der Waals surface area (Å²) in [7, 11) is 0. The van der Waals surface area contributed by atoms with Crippen molar-refractivity contribution in [2.24, 2.45) is 11.8 Å². The van der Waals surface area contributed by atoms with Crippen LogP contribution in [0.4, 0.5) is 0 Å². The molecule has 1 aliphatic rings. The molecule has 2 N–H and O–H groups in total. The summed E-state index contributed by atoms with van der Waals surface area (Å²) in [5.41, 5.74) is 0. The number of likely N-dealkylation sites (tertiary alicyclic amines) is 1. The van der Waals surface area contributed by atoms with Crippen LogP contribution >= 0.6 is 0 Å². The Labute approximate surface area is 102 Å². The highest BCUT2D eigenvalue weighted by Gasteiger charge is 2.38. The van der Waals surface area contributed by atoms with Gasteiger partial charge in [0.05, 0.1) is 12.0 Å². The van der Waals surface area contributed by atoms with Gasteiger partial charge in [-0.3, -0.25) is 14.5 Å². The summed E-state index contributed by atoms with van der Waals surface area (Å²) in [4.78, 5) is 24.8. The SMILES string of the molecule is CC(C)NC(=O)C(C)N1CC(C)C(C(=O)O)C1. The summed E-state index contributed by atoms with van der Waals surface area (Å²) in [6, 6.07) is -0.149. The van der Waals surface area contributed by atoms with Crippen LogP contribution in [0, 0.1) is 11.8 Å². The number of carboxylic acid groups (broad SMARTS) is 1. The minimum absolute atomic E-state index is 0.0294. The second-order valence-electron chi connectivity index (χ2n) is 5.22. The predicted molar refractivity (Wildman–Crippen MR) is 64.6 cm³/mol. The van der Waals surface area contributed by atoms with E-state index in [0.717, 1.165) is 0 Å². The minimum atomic E-state index is -0.767. The second kappa shape index (κ2) is 5.49. The number of hydrogen-bond acceptors (Lipinski definition) is 3. The fourth-order valence-electron chi connectivity index (χ4n) is 2.21. The smallest absolute Gasteiger partial charge is 0.308 e. The molecule has 0 radical (unpaired) electrons. The van der Waals surface area contributed by atoms with E-state index in [4.69, 9.17) is 5.11 Å². The maximum absolute atomic E-state index is 11.8. The van der Waals surface area contributed by atoms with Crippen LogP contribution in [0.25, 0.3) is 0 Å². The highest BCUT2D eigenvalue weighted by Crippen LogP contribution is 2.24. The van der Waals surface area contributed by atoms with Gasteiger partial charge in [0.15, 0.2) is 0 Å². The van der Waals surface area contributed by atoms with Gasteiger partial charge < -0.3 is 10.4 Å². The number of nitrogens with zero attached hydrogens (tertiary/aromatic N) is 1. The van der Waals surface area contributed by atoms with E-state index in [-0.39, 0.29) is 29.8 Å². The van der Waals surface area contributed by atoms with Crippen LogP contribution in [0.5, 0.6) is 0 Å². The van der Waals surface area contributed by atoms with Gasteiger partial charge in [-0.1, -0.05) is 6.92 Å². The third-order valence-electron chi connectivity index (χ3n) is 3.32. The Morgan fingerprint density at radius 3 is 2.29 bits per heavy atom. The highest BCUT2D eigenvalue weighted by atomic mass is 16.4. The molecular weight excluding hydrogens is 220 g/mol. The largest absolute Gasteiger partial charge is 0.481 e. The monoisotopic (exact) mass is 242 g/mol. The topological polar surface area (TPSA) is 69.6 Å². The first-order valence-electron chi connectivity index (χ1n) is 6.10. The molecule has 1 amide bonds. The molecule has 0 aromatic carbocycles. The number of rotatable bonds is 4. The quantitative estimate of drug-likeness (QED) is 0.755. The Bertz CT molecular complexity index is 304. The zero-order valence-corrected chi connectivity index (χ0v) is 10.9. The van der Waals surface area contributed by atoms with E-state index in [9.17, 15) is 9.59 Å². The zero-order chi connectivity index (χ0) is 13.2. The average molecular weight is 242 g/mol. The zero-order valence-electron chi connectivity index (χ0n) is 10.9. The fraction of sp³-hybridized carbons (Fsp3) is 0.833. The van der Waals surface area contributed by atoms with Gasteiger partial charge in [-0.05, 0) is 26.7 Å². The summed E-state index contributed by atoms with van der Waals surface area (Å²) in [6.07, 6.45) is 0. The number of carbonyl (C=O) groups is 2. The van der Waals surface area contributed by atoms with Crippen molar-refractivity contribution < 1.29 is 14.7 Å². The van der Waals surface area contributed by atoms with Crippen LogP contribution in [0.2, 0.25) is 0 Å². The first-order chi connectivity index (χ1) is 7.82. The van der Waals surface area contributed by atoms with Crippen molar-refractivity contribution in [2.45, 2.75) is 39.8 Å². The van der Waals surface area contributed by atoms with Crippen LogP contribution in [0.3, 0.4) is 0 Å². The Hall–Kier alpha value is -1.10. The van der Waals surface area contributed by atoms with Crippen LogP contribution in [-0.4, -0.2) is 47.1 Å². The molecule has 0 bridgehead atoms. The molecule has 0 spiro atoms. The van der Waals surface area contributed by atoms with E-state index >= 15 is 0 Å². The van der Waals surface area contributed by atoms with Crippen LogP contribution < -0.4 is 5.32 Å². The van der Waals surface area contributed by atoms with Crippen molar-refractivity contribution in [1.29, 1.82) is 0 Å². The second-order valence-corrected chi connectivity index (χ2v) is 5.22. The lowest BCUT2D eigenvalue weighted by Gasteiger charge is -2.24. The van der Waals surface area contributed by atoms with Crippen LogP contribution in [-0.2, 0) is 9.59 Å². The molecule has 5 heteroatoms. The van der Waals surface area contributed by atoms with Crippen molar-refractivity contribution in [2.75, 3.05) is 13.1 Å². The highest BCUT2D eigenvalue weighted by molar-refractivity contribution is 5.81. The van der Waals surface area contributed by atoms with Crippen molar-refractivity contribution in [3.8, 4) is 0 Å². The Morgan fingerprint density at radius 1 is 1.29 bits per heavy atom. The summed E-state index contributed by atoms with van der Waals surface area (Å²) in [5, 5.41) is 11.9. The first kappa shape index (κ1) is 14.0. The Morgan fingerprint density at radius 2 is 1.88 bits per heavy atom. The van der Waals surface area contributed by atoms with Crippen molar-refractivity contribution >= 4 is 11.9 Å². The normalized spacial score (nSPS) is 27.1. The molecule has 0 aromatic heterocycles. The molecule has 17 heavy (non-hydrogen) atoms. The Balaban J connectivity index is 2.58. The molecule has 5 nitrogen and oxygen atoms in total. The minimum Gasteiger partial charge on any atom is -0.481 e. The fourth-order valence-corrected chi connectivity index (χ4v) is 2.21. The Kier molecular flexibility index (Phi) is 4.51. The third kappa shape index (κ3) is 3.43. The maximum atomic E-state index is 11.8. The number of hydrogen-bond donors (Lipinski definition) is 2. The molecule has 1 heterocycles. The molecular formula is C12H22N2O3. The van der Waals surface area contributed by atoms with Gasteiger partial charge in [-0.15, -0.1) is 0 Å². The number of carbonyl (C=O) groups excluding carboxylic acids is 1. The van der Waals surface area contributed by atoms with Gasteiger partial charge in [0, 0.05) is 19.1 Å². The van der Waals surface area contributed by atoms with Crippen molar-refractivity contribution in [3.05, 3.63) is 0 Å². The molecule has 1 fully saturated rings. The molecule has 98 valence electrons. The summed E-state index contributed by atoms with van der Waals surface area (Å²) in [6.45, 7) is 8.71. The summed E-state index contributed by atoms with van der Waals surface area (Å²) in [5.74, 6) is -1.05. The number of amides is 1. The van der Waals surface area contributed by atoms with Gasteiger partial charge in [0.1, 0.15) is 0 Å². The number of carboxylic acids is 1. The van der Waals surface area contributed by atoms with Crippen LogP contribution in [0.15, 0.2) is 0 Å². The predicted octanol–water partition coefficient (Wildman–Crippen LogP) is 0.552. The van der Waals surface area contributed by atoms with Gasteiger partial charge in [0.2, 0.25) is 5.91 Å². The standard InChI is InChI=1S/C12H22N2O3/c1-7(2)13-11(15)9(4)14-5-8(3)10(6-14)12(16)17/h7-10H,5-6H2,1-4H3,(H,13,15)(H,16,17). The van der Waals surface area contributed by atoms with Crippen molar-refractivity contribution in [3.63, 3.8) is 0 Å². The lowest BCUT2D eigenvalue weighted by molar-refractivity contribution is -0.142. The van der Waals surface area contributed by atoms with Crippen molar-refractivity contribution in [1.82, 2.24) is 10.2 Å². The summed E-state index contributed by atoms with van der Waals surface area (Å²) >= 11 is 0. The van der Waals surface area contributed by atoms with Gasteiger partial charge in [-0.2, -0.15) is 0 Å². The number of nitrogens with one attached hydrogen (secondary N) is 1. The van der Waals surface area contributed by atoms with E-state index in [1.165, 1.54) is 0 Å². The van der Waals surface area contributed by atoms with E-state index in [1.807, 2.05) is 32.6 Å². The molecule has 0 aromatic rings. The molecule has 1 saturated heterocycles. The number of aliphatic carboxylic acids is 1. The maximum Gasteiger partial charge on any atom is 0.308 e. The van der Waals surface area contributed by atoms with Crippen LogP contribution in [0.1, 0.15) is 27.7 Å². The average Bonchev–Trinajstić information content (AvgIpc) is 2.58. The van der Waals surface area contributed by atoms with E-state index < -0.39 is 5.97 Å². The molecule has 3 unspecified atom stereocenters. The molecule has 0 aliphatic carbocycles. The first-order valence-corrected chi connectivity index (χ1v) is 6.10. The van der Waals surface area contributed by atoms with Gasteiger partial charge in [-0.25, -0.2) is 0 Å². The molecule has 1 aliphatic heterocycles. The van der Waals surface area contributed by atoms with Gasteiger partial charge >= 0.3 is 5.97 Å². The van der Waals surface area contributed by atoms with E-state index in [0.29, 0.717) is 13.1 Å². The van der Waals surface area contributed by atoms with E-state index in [1.54, 1.807) is 0 Å². The summed E-state index contributed by atoms with van der Waals surface area (Å²) < 4.78 is 0. The lowest BCUT2D eigenvalue weighted by Crippen LogP contribution is -2.46. The lowest BCUT2D eigenvalue weighted by atomic mass is 9.99. The van der Waals surface area contributed by atoms with E-state index in [2.05, 4.69) is 5.32 Å². The molecule has 3 atom stereocenters. The molecule has 1 rings (SSSR count). The third-order valence-corrected chi connectivity index (χ3v) is 3.32.